The first-order valence-electron chi connectivity index (χ1n) is 9.27. The van der Waals surface area contributed by atoms with Crippen molar-refractivity contribution in [3.05, 3.63) is 69.4 Å². The summed E-state index contributed by atoms with van der Waals surface area (Å²) in [6, 6.07) is 15.6. The third-order valence-electron chi connectivity index (χ3n) is 4.70. The first kappa shape index (κ1) is 20.3. The van der Waals surface area contributed by atoms with Crippen LogP contribution >= 0.6 is 22.6 Å². The first-order chi connectivity index (χ1) is 14.6. The van der Waals surface area contributed by atoms with E-state index in [0.29, 0.717) is 30.6 Å². The molecule has 0 unspecified atom stereocenters. The summed E-state index contributed by atoms with van der Waals surface area (Å²) in [7, 11) is 3.28. The van der Waals surface area contributed by atoms with Crippen molar-refractivity contribution in [1.29, 1.82) is 0 Å². The van der Waals surface area contributed by atoms with E-state index in [1.807, 2.05) is 53.1 Å². The van der Waals surface area contributed by atoms with Crippen molar-refractivity contribution in [2.24, 2.45) is 0 Å². The highest BCUT2D eigenvalue weighted by Gasteiger charge is 2.12. The highest BCUT2D eigenvalue weighted by atomic mass is 127. The van der Waals surface area contributed by atoms with Gasteiger partial charge < -0.3 is 19.9 Å². The highest BCUT2D eigenvalue weighted by molar-refractivity contribution is 14.1. The molecule has 4 aromatic rings. The molecule has 0 aliphatic carbocycles. The Morgan fingerprint density at radius 3 is 2.47 bits per heavy atom. The van der Waals surface area contributed by atoms with E-state index in [4.69, 9.17) is 19.9 Å². The van der Waals surface area contributed by atoms with Crippen LogP contribution in [-0.2, 0) is 13.2 Å². The van der Waals surface area contributed by atoms with E-state index in [-0.39, 0.29) is 0 Å². The van der Waals surface area contributed by atoms with Gasteiger partial charge in [0, 0.05) is 9.77 Å². The van der Waals surface area contributed by atoms with Gasteiger partial charge in [-0.25, -0.2) is 9.97 Å². The summed E-state index contributed by atoms with van der Waals surface area (Å²) in [6.45, 7) is 0.965. The lowest BCUT2D eigenvalue weighted by Gasteiger charge is -2.13. The number of halogens is 1. The topological polar surface area (TPSA) is 84.4 Å². The van der Waals surface area contributed by atoms with E-state index in [1.54, 1.807) is 20.4 Å². The smallest absolute Gasteiger partial charge is 0.202 e. The normalized spacial score (nSPS) is 10.9. The number of anilines is 1. The summed E-state index contributed by atoms with van der Waals surface area (Å²) >= 11 is 2.21. The Labute approximate surface area is 187 Å². The van der Waals surface area contributed by atoms with E-state index in [1.165, 1.54) is 0 Å². The average Bonchev–Trinajstić information content (AvgIpc) is 3.07. The molecule has 0 atom stereocenters. The number of nitrogens with two attached hydrogens (primary N) is 1. The minimum Gasteiger partial charge on any atom is -0.497 e. The molecule has 2 aromatic heterocycles. The van der Waals surface area contributed by atoms with Gasteiger partial charge in [-0.05, 0) is 64.0 Å². The largest absolute Gasteiger partial charge is 0.497 e. The van der Waals surface area contributed by atoms with E-state index in [9.17, 15) is 0 Å². The molecule has 0 saturated heterocycles. The fraction of sp³-hybridized carbons (Fsp3) is 0.182. The van der Waals surface area contributed by atoms with Crippen LogP contribution in [0.4, 0.5) is 5.95 Å². The molecule has 4 rings (SSSR count). The SMILES string of the molecule is COc1ccc(COc2ccc(Cn3c(N)nc4cc(I)cnc43)cc2OC)cc1. The minimum absolute atomic E-state index is 0.429. The van der Waals surface area contributed by atoms with Gasteiger partial charge in [0.2, 0.25) is 5.95 Å². The van der Waals surface area contributed by atoms with Crippen molar-refractivity contribution < 1.29 is 14.2 Å². The Hall–Kier alpha value is -3.01. The molecule has 0 spiro atoms. The lowest BCUT2D eigenvalue weighted by Crippen LogP contribution is -2.06. The van der Waals surface area contributed by atoms with Crippen LogP contribution < -0.4 is 19.9 Å². The summed E-state index contributed by atoms with van der Waals surface area (Å²) in [5.74, 6) is 2.58. The molecule has 2 N–H and O–H groups in total. The van der Waals surface area contributed by atoms with Crippen molar-refractivity contribution in [3.8, 4) is 17.2 Å². The van der Waals surface area contributed by atoms with Crippen LogP contribution in [0.1, 0.15) is 11.1 Å². The summed E-state index contributed by atoms with van der Waals surface area (Å²) in [4.78, 5) is 8.90. The van der Waals surface area contributed by atoms with Crippen molar-refractivity contribution in [1.82, 2.24) is 14.5 Å². The quantitative estimate of drug-likeness (QED) is 0.370. The van der Waals surface area contributed by atoms with Crippen molar-refractivity contribution >= 4 is 39.7 Å². The first-order valence-corrected chi connectivity index (χ1v) is 10.3. The molecule has 0 fully saturated rings. The number of ether oxygens (including phenoxy) is 3. The van der Waals surface area contributed by atoms with E-state index in [0.717, 1.165) is 31.6 Å². The molecule has 8 heteroatoms. The molecular weight excluding hydrogens is 495 g/mol. The number of nitrogens with zero attached hydrogens (tertiary/aromatic N) is 3. The van der Waals surface area contributed by atoms with Gasteiger partial charge in [0.25, 0.3) is 0 Å². The van der Waals surface area contributed by atoms with Crippen LogP contribution in [0.15, 0.2) is 54.7 Å². The van der Waals surface area contributed by atoms with Crippen LogP contribution in [0, 0.1) is 3.57 Å². The van der Waals surface area contributed by atoms with Gasteiger partial charge in [-0.2, -0.15) is 0 Å². The highest BCUT2D eigenvalue weighted by Crippen LogP contribution is 2.30. The third kappa shape index (κ3) is 4.28. The minimum atomic E-state index is 0.429. The van der Waals surface area contributed by atoms with Crippen LogP contribution in [0.5, 0.6) is 17.2 Å². The van der Waals surface area contributed by atoms with Gasteiger partial charge in [0.15, 0.2) is 17.1 Å². The predicted molar refractivity (Wildman–Crippen MR) is 124 cm³/mol. The van der Waals surface area contributed by atoms with Crippen LogP contribution in [0.3, 0.4) is 0 Å². The molecule has 0 aliphatic heterocycles. The second-order valence-electron chi connectivity index (χ2n) is 6.67. The monoisotopic (exact) mass is 516 g/mol. The van der Waals surface area contributed by atoms with Gasteiger partial charge >= 0.3 is 0 Å². The number of imidazole rings is 1. The van der Waals surface area contributed by atoms with Gasteiger partial charge in [0.1, 0.15) is 17.9 Å². The third-order valence-corrected chi connectivity index (χ3v) is 5.29. The molecule has 30 heavy (non-hydrogen) atoms. The molecule has 2 aromatic carbocycles. The number of hydrogen-bond acceptors (Lipinski definition) is 6. The molecule has 0 saturated carbocycles. The maximum Gasteiger partial charge on any atom is 0.202 e. The molecule has 0 aliphatic rings. The molecule has 0 amide bonds. The lowest BCUT2D eigenvalue weighted by molar-refractivity contribution is 0.284. The lowest BCUT2D eigenvalue weighted by atomic mass is 10.2. The summed E-state index contributed by atoms with van der Waals surface area (Å²) < 4.78 is 19.6. The maximum atomic E-state index is 6.13. The Morgan fingerprint density at radius 2 is 1.73 bits per heavy atom. The zero-order chi connectivity index (χ0) is 21.1. The van der Waals surface area contributed by atoms with E-state index in [2.05, 4.69) is 32.6 Å². The van der Waals surface area contributed by atoms with E-state index >= 15 is 0 Å². The fourth-order valence-corrected chi connectivity index (χ4v) is 3.59. The van der Waals surface area contributed by atoms with Gasteiger partial charge in [-0.3, -0.25) is 4.57 Å². The molecule has 0 radical (unpaired) electrons. The number of pyridine rings is 1. The van der Waals surface area contributed by atoms with Crippen LogP contribution in [0.25, 0.3) is 11.2 Å². The molecule has 7 nitrogen and oxygen atoms in total. The molecule has 0 bridgehead atoms. The predicted octanol–water partition coefficient (Wildman–Crippen LogP) is 4.26. The fourth-order valence-electron chi connectivity index (χ4n) is 3.15. The average molecular weight is 516 g/mol. The Balaban J connectivity index is 1.53. The van der Waals surface area contributed by atoms with Gasteiger partial charge in [-0.1, -0.05) is 18.2 Å². The maximum absolute atomic E-state index is 6.13. The number of nitrogen functional groups attached to an aromatic ring is 1. The molecule has 2 heterocycles. The number of aromatic nitrogens is 3. The van der Waals surface area contributed by atoms with Gasteiger partial charge in [0.05, 0.1) is 20.8 Å². The number of fused-ring (bicyclic) bond motifs is 1. The zero-order valence-corrected chi connectivity index (χ0v) is 18.8. The standard InChI is InChI=1S/C22H21IN4O3/c1-28-17-6-3-14(4-7-17)13-30-19-8-5-15(9-20(19)29-2)12-27-21-18(26-22(27)24)10-16(23)11-25-21/h3-11H,12-13H2,1-2H3,(H2,24,26). The number of methoxy groups -OCH3 is 2. The molecular formula is C22H21IN4O3. The second-order valence-corrected chi connectivity index (χ2v) is 7.92. The summed E-state index contributed by atoms with van der Waals surface area (Å²) in [6.07, 6.45) is 1.80. The van der Waals surface area contributed by atoms with Crippen LogP contribution in [0.2, 0.25) is 0 Å². The van der Waals surface area contributed by atoms with Crippen LogP contribution in [-0.4, -0.2) is 28.8 Å². The Bertz CT molecular complexity index is 1180. The Kier molecular flexibility index (Phi) is 5.93. The number of hydrogen-bond donors (Lipinski definition) is 1. The summed E-state index contributed by atoms with van der Waals surface area (Å²) in [5.41, 5.74) is 9.72. The van der Waals surface area contributed by atoms with E-state index < -0.39 is 0 Å². The molecule has 154 valence electrons. The second kappa shape index (κ2) is 8.78. The van der Waals surface area contributed by atoms with Crippen molar-refractivity contribution in [2.45, 2.75) is 13.2 Å². The zero-order valence-electron chi connectivity index (χ0n) is 16.6. The Morgan fingerprint density at radius 1 is 0.967 bits per heavy atom. The summed E-state index contributed by atoms with van der Waals surface area (Å²) in [5, 5.41) is 0. The number of benzene rings is 2. The van der Waals surface area contributed by atoms with Crippen molar-refractivity contribution in [2.75, 3.05) is 20.0 Å². The number of rotatable bonds is 7. The van der Waals surface area contributed by atoms with Gasteiger partial charge in [-0.15, -0.1) is 0 Å². The van der Waals surface area contributed by atoms with Crippen molar-refractivity contribution in [3.63, 3.8) is 0 Å².